The zero-order valence-electron chi connectivity index (χ0n) is 12.1. The molecule has 1 aromatic rings. The molecule has 2 rings (SSSR count). The summed E-state index contributed by atoms with van der Waals surface area (Å²) in [6, 6.07) is 3.23. The highest BCUT2D eigenvalue weighted by Gasteiger charge is 2.35. The van der Waals surface area contributed by atoms with Crippen LogP contribution in [-0.4, -0.2) is 25.0 Å². The number of hydrogen-bond donors (Lipinski definition) is 1. The van der Waals surface area contributed by atoms with E-state index >= 15 is 0 Å². The van der Waals surface area contributed by atoms with Crippen LogP contribution in [0.25, 0.3) is 0 Å². The second kappa shape index (κ2) is 6.05. The molecule has 1 saturated heterocycles. The van der Waals surface area contributed by atoms with E-state index in [1.165, 1.54) is 11.0 Å². The second-order valence-corrected chi connectivity index (χ2v) is 5.28. The number of nitrogens with one attached hydrogen (secondary N) is 1. The van der Waals surface area contributed by atoms with Gasteiger partial charge in [0.15, 0.2) is 0 Å². The first-order chi connectivity index (χ1) is 9.84. The van der Waals surface area contributed by atoms with Crippen LogP contribution >= 0.6 is 0 Å². The van der Waals surface area contributed by atoms with E-state index in [4.69, 9.17) is 0 Å². The number of carbonyl (C=O) groups is 1. The minimum Gasteiger partial charge on any atom is -0.311 e. The Kier molecular flexibility index (Phi) is 4.56. The van der Waals surface area contributed by atoms with Gasteiger partial charge in [0.25, 0.3) is 0 Å². The summed E-state index contributed by atoms with van der Waals surface area (Å²) >= 11 is 0. The molecule has 1 fully saturated rings. The Bertz CT molecular complexity index is 528. The topological polar surface area (TPSA) is 32.3 Å². The average molecular weight is 300 g/mol. The van der Waals surface area contributed by atoms with Gasteiger partial charge in [0.1, 0.15) is 0 Å². The molecule has 0 aliphatic carbocycles. The van der Waals surface area contributed by atoms with Crippen LogP contribution in [0, 0.1) is 6.92 Å². The zero-order chi connectivity index (χ0) is 15.6. The molecule has 1 amide bonds. The van der Waals surface area contributed by atoms with Crippen molar-refractivity contribution in [3.05, 3.63) is 29.3 Å². The summed E-state index contributed by atoms with van der Waals surface area (Å²) in [5, 5.41) is 3.13. The number of amides is 1. The van der Waals surface area contributed by atoms with Gasteiger partial charge >= 0.3 is 6.18 Å². The van der Waals surface area contributed by atoms with Crippen LogP contribution in [0.2, 0.25) is 0 Å². The summed E-state index contributed by atoms with van der Waals surface area (Å²) in [7, 11) is 0. The van der Waals surface area contributed by atoms with Crippen molar-refractivity contribution in [3.8, 4) is 0 Å². The lowest BCUT2D eigenvalue weighted by Gasteiger charge is -2.21. The van der Waals surface area contributed by atoms with Crippen molar-refractivity contribution in [1.82, 2.24) is 5.32 Å². The fourth-order valence-electron chi connectivity index (χ4n) is 2.50. The largest absolute Gasteiger partial charge is 0.416 e. The van der Waals surface area contributed by atoms with E-state index in [0.29, 0.717) is 24.2 Å². The van der Waals surface area contributed by atoms with Gasteiger partial charge in [-0.2, -0.15) is 13.2 Å². The van der Waals surface area contributed by atoms with Gasteiger partial charge < -0.3 is 10.2 Å². The highest BCUT2D eigenvalue weighted by atomic mass is 19.4. The van der Waals surface area contributed by atoms with Crippen LogP contribution < -0.4 is 10.2 Å². The van der Waals surface area contributed by atoms with E-state index in [1.54, 1.807) is 6.92 Å². The van der Waals surface area contributed by atoms with Gasteiger partial charge in [0.05, 0.1) is 11.6 Å². The van der Waals surface area contributed by atoms with Gasteiger partial charge in [0.2, 0.25) is 5.91 Å². The third-order valence-corrected chi connectivity index (χ3v) is 3.67. The normalized spacial score (nSPS) is 19.4. The smallest absolute Gasteiger partial charge is 0.311 e. The molecule has 1 aliphatic rings. The third-order valence-electron chi connectivity index (χ3n) is 3.67. The quantitative estimate of drug-likeness (QED) is 0.926. The maximum atomic E-state index is 12.8. The van der Waals surface area contributed by atoms with Crippen molar-refractivity contribution in [2.24, 2.45) is 0 Å². The summed E-state index contributed by atoms with van der Waals surface area (Å²) in [6.07, 6.45) is -2.87. The Balaban J connectivity index is 2.24. The number of hydrogen-bond acceptors (Lipinski definition) is 2. The van der Waals surface area contributed by atoms with Crippen molar-refractivity contribution in [3.63, 3.8) is 0 Å². The molecule has 116 valence electrons. The number of anilines is 1. The van der Waals surface area contributed by atoms with E-state index in [2.05, 4.69) is 5.32 Å². The monoisotopic (exact) mass is 300 g/mol. The fraction of sp³-hybridized carbons (Fsp3) is 0.533. The van der Waals surface area contributed by atoms with E-state index in [0.717, 1.165) is 25.1 Å². The molecule has 0 spiro atoms. The predicted octanol–water partition coefficient (Wildman–Crippen LogP) is 3.12. The third kappa shape index (κ3) is 3.37. The molecule has 1 atom stereocenters. The van der Waals surface area contributed by atoms with Gasteiger partial charge in [-0.3, -0.25) is 4.79 Å². The van der Waals surface area contributed by atoms with Crippen molar-refractivity contribution in [2.45, 2.75) is 38.9 Å². The van der Waals surface area contributed by atoms with Crippen LogP contribution in [0.4, 0.5) is 18.9 Å². The first-order valence-corrected chi connectivity index (χ1v) is 7.07. The van der Waals surface area contributed by atoms with Crippen molar-refractivity contribution in [1.29, 1.82) is 0 Å². The zero-order valence-corrected chi connectivity index (χ0v) is 12.1. The highest BCUT2D eigenvalue weighted by molar-refractivity contribution is 6.00. The molecule has 21 heavy (non-hydrogen) atoms. The number of rotatable bonds is 4. The molecule has 1 unspecified atom stereocenters. The molecule has 0 saturated carbocycles. The summed E-state index contributed by atoms with van der Waals surface area (Å²) in [4.78, 5) is 13.8. The minimum absolute atomic E-state index is 0.147. The maximum Gasteiger partial charge on any atom is 0.416 e. The van der Waals surface area contributed by atoms with E-state index in [9.17, 15) is 18.0 Å². The van der Waals surface area contributed by atoms with E-state index < -0.39 is 11.7 Å². The lowest BCUT2D eigenvalue weighted by atomic mass is 10.1. The summed E-state index contributed by atoms with van der Waals surface area (Å²) in [6.45, 7) is 4.89. The number of alkyl halides is 3. The standard InChI is InChI=1S/C15H19F3N2O/c1-3-7-19-12-6-8-20(14(12)21)13-9-11(15(16,17)18)5-4-10(13)2/h4-5,9,12,19H,3,6-8H2,1-2H3. The van der Waals surface area contributed by atoms with Crippen molar-refractivity contribution in [2.75, 3.05) is 18.0 Å². The van der Waals surface area contributed by atoms with Crippen LogP contribution in [-0.2, 0) is 11.0 Å². The van der Waals surface area contributed by atoms with Gasteiger partial charge in [-0.25, -0.2) is 0 Å². The number of halogens is 3. The van der Waals surface area contributed by atoms with Crippen molar-refractivity contribution >= 4 is 11.6 Å². The Morgan fingerprint density at radius 1 is 1.38 bits per heavy atom. The number of aryl methyl sites for hydroxylation is 1. The van der Waals surface area contributed by atoms with Gasteiger partial charge in [-0.1, -0.05) is 13.0 Å². The number of carbonyl (C=O) groups excluding carboxylic acids is 1. The van der Waals surface area contributed by atoms with E-state index in [-0.39, 0.29) is 11.9 Å². The molecule has 1 aromatic carbocycles. The second-order valence-electron chi connectivity index (χ2n) is 5.28. The Morgan fingerprint density at radius 3 is 2.71 bits per heavy atom. The molecular formula is C15H19F3N2O. The highest BCUT2D eigenvalue weighted by Crippen LogP contribution is 2.34. The average Bonchev–Trinajstić information content (AvgIpc) is 2.77. The Hall–Kier alpha value is -1.56. The minimum atomic E-state index is -4.40. The summed E-state index contributed by atoms with van der Waals surface area (Å²) in [5.41, 5.74) is 0.309. The lowest BCUT2D eigenvalue weighted by molar-refractivity contribution is -0.137. The summed E-state index contributed by atoms with van der Waals surface area (Å²) < 4.78 is 38.4. The summed E-state index contributed by atoms with van der Waals surface area (Å²) in [5.74, 6) is -0.147. The van der Waals surface area contributed by atoms with Gasteiger partial charge in [-0.05, 0) is 44.0 Å². The Labute approximate surface area is 122 Å². The predicted molar refractivity (Wildman–Crippen MR) is 75.2 cm³/mol. The van der Waals surface area contributed by atoms with Crippen LogP contribution in [0.5, 0.6) is 0 Å². The molecule has 6 heteroatoms. The molecule has 0 bridgehead atoms. The first kappa shape index (κ1) is 15.8. The molecular weight excluding hydrogens is 281 g/mol. The number of nitrogens with zero attached hydrogens (tertiary/aromatic N) is 1. The van der Waals surface area contributed by atoms with Crippen molar-refractivity contribution < 1.29 is 18.0 Å². The molecule has 0 radical (unpaired) electrons. The SMILES string of the molecule is CCCNC1CCN(c2cc(C(F)(F)F)ccc2C)C1=O. The van der Waals surface area contributed by atoms with Gasteiger partial charge in [-0.15, -0.1) is 0 Å². The van der Waals surface area contributed by atoms with E-state index in [1.807, 2.05) is 6.92 Å². The molecule has 1 N–H and O–H groups in total. The Morgan fingerprint density at radius 2 is 2.10 bits per heavy atom. The van der Waals surface area contributed by atoms with Crippen LogP contribution in [0.15, 0.2) is 18.2 Å². The van der Waals surface area contributed by atoms with Crippen LogP contribution in [0.1, 0.15) is 30.9 Å². The molecule has 1 aliphatic heterocycles. The lowest BCUT2D eigenvalue weighted by Crippen LogP contribution is -2.38. The first-order valence-electron chi connectivity index (χ1n) is 7.07. The fourth-order valence-corrected chi connectivity index (χ4v) is 2.50. The molecule has 1 heterocycles. The van der Waals surface area contributed by atoms with Crippen LogP contribution in [0.3, 0.4) is 0 Å². The molecule has 3 nitrogen and oxygen atoms in total. The molecule has 0 aromatic heterocycles. The van der Waals surface area contributed by atoms with Gasteiger partial charge in [0, 0.05) is 12.2 Å². The number of benzene rings is 1. The maximum absolute atomic E-state index is 12.8.